The van der Waals surface area contributed by atoms with E-state index < -0.39 is 7.14 Å². The van der Waals surface area contributed by atoms with E-state index in [4.69, 9.17) is 9.40 Å². The van der Waals surface area contributed by atoms with Gasteiger partial charge in [0.25, 0.3) is 5.91 Å². The Balaban J connectivity index is 1.45. The molecule has 5 heterocycles. The third-order valence-electron chi connectivity index (χ3n) is 6.45. The number of aromatic nitrogens is 4. The molecular formula is C26H26N7O3P. The normalized spacial score (nSPS) is 13.5. The molecular weight excluding hydrogens is 489 g/mol. The van der Waals surface area contributed by atoms with E-state index >= 15 is 0 Å². The van der Waals surface area contributed by atoms with Crippen LogP contribution in [-0.4, -0.2) is 57.6 Å². The van der Waals surface area contributed by atoms with Crippen molar-refractivity contribution in [3.8, 4) is 11.3 Å². The van der Waals surface area contributed by atoms with E-state index in [9.17, 15) is 9.36 Å². The van der Waals surface area contributed by atoms with Gasteiger partial charge in [0, 0.05) is 30.0 Å². The van der Waals surface area contributed by atoms with Crippen LogP contribution in [0.3, 0.4) is 0 Å². The molecule has 6 rings (SSSR count). The van der Waals surface area contributed by atoms with E-state index in [1.807, 2.05) is 53.7 Å². The Morgan fingerprint density at radius 1 is 1.14 bits per heavy atom. The Morgan fingerprint density at radius 2 is 1.97 bits per heavy atom. The first-order valence-electron chi connectivity index (χ1n) is 11.8. The highest BCUT2D eigenvalue weighted by Gasteiger charge is 2.28. The smallest absolute Gasteiger partial charge is 0.254 e. The predicted octanol–water partition coefficient (Wildman–Crippen LogP) is 3.83. The average Bonchev–Trinajstić information content (AvgIpc) is 3.56. The molecule has 188 valence electrons. The highest BCUT2D eigenvalue weighted by molar-refractivity contribution is 7.70. The second kappa shape index (κ2) is 8.54. The van der Waals surface area contributed by atoms with Crippen LogP contribution >= 0.6 is 7.14 Å². The first kappa shape index (κ1) is 23.4. The Morgan fingerprint density at radius 3 is 2.76 bits per heavy atom. The van der Waals surface area contributed by atoms with Crippen LogP contribution in [0, 0.1) is 0 Å². The number of fused-ring (bicyclic) bond motifs is 4. The minimum absolute atomic E-state index is 0.153. The highest BCUT2D eigenvalue weighted by Crippen LogP contribution is 2.38. The van der Waals surface area contributed by atoms with Crippen molar-refractivity contribution in [2.45, 2.75) is 13.1 Å². The van der Waals surface area contributed by atoms with E-state index in [1.54, 1.807) is 32.0 Å². The molecule has 10 nitrogen and oxygen atoms in total. The van der Waals surface area contributed by atoms with Crippen LogP contribution in [-0.2, 0) is 17.7 Å². The van der Waals surface area contributed by atoms with Gasteiger partial charge in [0.1, 0.15) is 18.5 Å². The molecule has 0 aliphatic carbocycles. The third-order valence-corrected chi connectivity index (χ3v) is 8.02. The van der Waals surface area contributed by atoms with E-state index in [2.05, 4.69) is 20.6 Å². The van der Waals surface area contributed by atoms with Gasteiger partial charge in [-0.1, -0.05) is 6.07 Å². The maximum atomic E-state index is 13.0. The summed E-state index contributed by atoms with van der Waals surface area (Å²) in [6, 6.07) is 9.41. The van der Waals surface area contributed by atoms with Crippen molar-refractivity contribution in [3.63, 3.8) is 0 Å². The Labute approximate surface area is 213 Å². The lowest BCUT2D eigenvalue weighted by molar-refractivity contribution is 0.0966. The van der Waals surface area contributed by atoms with Crippen molar-refractivity contribution in [3.05, 3.63) is 65.8 Å². The molecule has 0 bridgehead atoms. The number of nitrogens with one attached hydrogen (secondary N) is 2. The van der Waals surface area contributed by atoms with Crippen LogP contribution in [0.4, 0.5) is 11.5 Å². The molecule has 11 heteroatoms. The molecule has 4 aromatic heterocycles. The molecule has 1 aliphatic rings. The number of hydrogen-bond donors (Lipinski definition) is 2. The molecule has 1 aromatic carbocycles. The number of nitrogens with zero attached hydrogens (tertiary/aromatic N) is 5. The average molecular weight is 516 g/mol. The van der Waals surface area contributed by atoms with Gasteiger partial charge in [0.05, 0.1) is 41.3 Å². The van der Waals surface area contributed by atoms with Gasteiger partial charge in [-0.25, -0.2) is 15.0 Å². The largest absolute Gasteiger partial charge is 0.445 e. The molecule has 0 saturated heterocycles. The fourth-order valence-electron chi connectivity index (χ4n) is 4.88. The lowest BCUT2D eigenvalue weighted by Crippen LogP contribution is -2.21. The Bertz CT molecular complexity index is 1750. The molecule has 0 atom stereocenters. The van der Waals surface area contributed by atoms with Crippen LogP contribution in [0.2, 0.25) is 0 Å². The molecule has 37 heavy (non-hydrogen) atoms. The zero-order valence-electron chi connectivity index (χ0n) is 20.9. The van der Waals surface area contributed by atoms with Gasteiger partial charge in [-0.05, 0) is 51.2 Å². The van der Waals surface area contributed by atoms with E-state index in [0.717, 1.165) is 33.3 Å². The quantitative estimate of drug-likeness (QED) is 0.328. The van der Waals surface area contributed by atoms with Crippen LogP contribution in [0.1, 0.15) is 21.6 Å². The maximum absolute atomic E-state index is 13.0. The summed E-state index contributed by atoms with van der Waals surface area (Å²) in [5.74, 6) is 0.435. The molecule has 0 saturated carbocycles. The van der Waals surface area contributed by atoms with E-state index in [1.165, 1.54) is 0 Å². The first-order chi connectivity index (χ1) is 17.7. The fourth-order valence-corrected chi connectivity index (χ4v) is 6.05. The maximum Gasteiger partial charge on any atom is 0.254 e. The van der Waals surface area contributed by atoms with Crippen molar-refractivity contribution in [2.24, 2.45) is 0 Å². The summed E-state index contributed by atoms with van der Waals surface area (Å²) in [5, 5.41) is 7.05. The van der Waals surface area contributed by atoms with Crippen LogP contribution in [0.25, 0.3) is 28.1 Å². The fraction of sp³-hybridized carbons (Fsp3) is 0.231. The second-order valence-electron chi connectivity index (χ2n) is 9.78. The number of anilines is 2. The van der Waals surface area contributed by atoms with Gasteiger partial charge in [-0.2, -0.15) is 0 Å². The zero-order valence-corrected chi connectivity index (χ0v) is 21.8. The number of amides is 1. The van der Waals surface area contributed by atoms with Crippen molar-refractivity contribution in [1.82, 2.24) is 29.6 Å². The lowest BCUT2D eigenvalue weighted by atomic mass is 9.99. The number of carbonyl (C=O) groups is 1. The summed E-state index contributed by atoms with van der Waals surface area (Å²) in [6.07, 6.45) is 5.06. The number of benzene rings is 1. The minimum atomic E-state index is -2.51. The minimum Gasteiger partial charge on any atom is -0.445 e. The Kier molecular flexibility index (Phi) is 5.40. The van der Waals surface area contributed by atoms with Gasteiger partial charge < -0.3 is 24.5 Å². The second-order valence-corrected chi connectivity index (χ2v) is 13.0. The monoisotopic (exact) mass is 515 g/mol. The summed E-state index contributed by atoms with van der Waals surface area (Å²) in [7, 11) is 1.39. The molecule has 0 spiro atoms. The number of imidazole rings is 1. The summed E-state index contributed by atoms with van der Waals surface area (Å²) in [4.78, 5) is 28.6. The van der Waals surface area contributed by atoms with Crippen LogP contribution in [0.5, 0.6) is 0 Å². The van der Waals surface area contributed by atoms with Crippen LogP contribution < -0.4 is 15.9 Å². The zero-order chi connectivity index (χ0) is 25.9. The number of pyridine rings is 1. The Hall–Kier alpha value is -4.01. The van der Waals surface area contributed by atoms with Crippen molar-refractivity contribution < 1.29 is 13.8 Å². The molecule has 2 N–H and O–H groups in total. The summed E-state index contributed by atoms with van der Waals surface area (Å²) in [5.41, 5.74) is 6.62. The predicted molar refractivity (Wildman–Crippen MR) is 143 cm³/mol. The lowest BCUT2D eigenvalue weighted by Gasteiger charge is -2.18. The standard InChI is InChI=1S/C26H26N7O3P/c1-32(2)14-18-21(37(3,4)35)7-8-22(31-18)30-17-6-5-15(16-11-28-25(34)24(16)17)20-12-27-23-13-29-26-19(33(20)23)9-10-36-26/h5-10,12-13H,11,14H2,1-4H3,(H,28,34)(H,30,31). The van der Waals surface area contributed by atoms with Crippen LogP contribution in [0.15, 0.2) is 53.4 Å². The highest BCUT2D eigenvalue weighted by atomic mass is 31.2. The molecule has 1 aliphatic heterocycles. The molecule has 0 unspecified atom stereocenters. The summed E-state index contributed by atoms with van der Waals surface area (Å²) < 4.78 is 20.3. The van der Waals surface area contributed by atoms with E-state index in [-0.39, 0.29) is 5.91 Å². The summed E-state index contributed by atoms with van der Waals surface area (Å²) >= 11 is 0. The molecule has 0 radical (unpaired) electrons. The van der Waals surface area contributed by atoms with Gasteiger partial charge in [0.15, 0.2) is 5.65 Å². The topological polar surface area (TPSA) is 118 Å². The summed E-state index contributed by atoms with van der Waals surface area (Å²) in [6.45, 7) is 4.46. The van der Waals surface area contributed by atoms with Crippen molar-refractivity contribution >= 4 is 46.7 Å². The van der Waals surface area contributed by atoms with Gasteiger partial charge in [-0.3, -0.25) is 9.20 Å². The van der Waals surface area contributed by atoms with E-state index in [0.29, 0.717) is 41.5 Å². The number of furan rings is 1. The molecule has 0 fully saturated rings. The molecule has 5 aromatic rings. The van der Waals surface area contributed by atoms with Crippen molar-refractivity contribution in [2.75, 3.05) is 32.7 Å². The SMILES string of the molecule is CN(C)Cc1nc(Nc2ccc(-c3cnc4cnc5occc5n34)c3c2C(=O)NC3)ccc1P(C)(C)=O. The number of hydrogen-bond acceptors (Lipinski definition) is 8. The third kappa shape index (κ3) is 3.98. The molecule has 1 amide bonds. The van der Waals surface area contributed by atoms with Crippen molar-refractivity contribution in [1.29, 1.82) is 0 Å². The van der Waals surface area contributed by atoms with Gasteiger partial charge in [0.2, 0.25) is 5.71 Å². The van der Waals surface area contributed by atoms with Gasteiger partial charge in [-0.15, -0.1) is 0 Å². The number of rotatable bonds is 6. The number of carbonyl (C=O) groups excluding carboxylic acids is 1. The van der Waals surface area contributed by atoms with Gasteiger partial charge >= 0.3 is 0 Å². The first-order valence-corrected chi connectivity index (χ1v) is 14.4.